The van der Waals surface area contributed by atoms with Crippen molar-refractivity contribution in [3.8, 4) is 0 Å². The van der Waals surface area contributed by atoms with Crippen molar-refractivity contribution in [3.63, 3.8) is 0 Å². The Kier molecular flexibility index (Phi) is 2.80. The Morgan fingerprint density at radius 1 is 1.00 bits per heavy atom. The molecule has 0 aliphatic carbocycles. The predicted octanol–water partition coefficient (Wildman–Crippen LogP) is 3.01. The summed E-state index contributed by atoms with van der Waals surface area (Å²) in [5.74, 6) is 0.818. The molecule has 0 unspecified atom stereocenters. The number of anilines is 1. The van der Waals surface area contributed by atoms with Gasteiger partial charge in [0.05, 0.1) is 6.08 Å². The quantitative estimate of drug-likeness (QED) is 0.562. The third kappa shape index (κ3) is 2.22. The zero-order chi connectivity index (χ0) is 13.2. The maximum absolute atomic E-state index is 5.80. The Morgan fingerprint density at radius 2 is 1.74 bits per heavy atom. The first kappa shape index (κ1) is 11.5. The third-order valence-electron chi connectivity index (χ3n) is 3.13. The number of rotatable bonds is 2. The van der Waals surface area contributed by atoms with Crippen LogP contribution in [0, 0.1) is 0 Å². The minimum atomic E-state index is 0.770. The van der Waals surface area contributed by atoms with Gasteiger partial charge < -0.3 is 10.2 Å². The van der Waals surface area contributed by atoms with Gasteiger partial charge in [-0.3, -0.25) is 0 Å². The number of hydrogen-bond donors (Lipinski definition) is 1. The summed E-state index contributed by atoms with van der Waals surface area (Å²) in [7, 11) is 1.99. The van der Waals surface area contributed by atoms with E-state index < -0.39 is 0 Å². The summed E-state index contributed by atoms with van der Waals surface area (Å²) >= 11 is 0. The maximum Gasteiger partial charge on any atom is 0.373 e. The molecular weight excluding hydrogens is 236 g/mol. The summed E-state index contributed by atoms with van der Waals surface area (Å²) in [6.45, 7) is 0. The average molecular weight is 251 g/mol. The molecule has 19 heavy (non-hydrogen) atoms. The molecule has 0 atom stereocenters. The van der Waals surface area contributed by atoms with Gasteiger partial charge in [-0.15, -0.1) is 0 Å². The van der Waals surface area contributed by atoms with Gasteiger partial charge in [0.2, 0.25) is 5.58 Å². The molecule has 1 heterocycles. The normalized spacial score (nSPS) is 11.4. The van der Waals surface area contributed by atoms with Crippen LogP contribution in [0.4, 0.5) is 5.69 Å². The van der Waals surface area contributed by atoms with E-state index in [1.807, 2.05) is 72.3 Å². The van der Waals surface area contributed by atoms with E-state index in [2.05, 4.69) is 0 Å². The number of hydrogen-bond acceptors (Lipinski definition) is 2. The lowest BCUT2D eigenvalue weighted by atomic mass is 10.2. The highest BCUT2D eigenvalue weighted by Gasteiger charge is 2.15. The zero-order valence-electron chi connectivity index (χ0n) is 10.7. The van der Waals surface area contributed by atoms with E-state index in [4.69, 9.17) is 10.2 Å². The second-order valence-corrected chi connectivity index (χ2v) is 4.47. The van der Waals surface area contributed by atoms with Gasteiger partial charge in [-0.05, 0) is 29.8 Å². The molecule has 94 valence electrons. The van der Waals surface area contributed by atoms with E-state index in [0.717, 1.165) is 28.2 Å². The van der Waals surface area contributed by atoms with Gasteiger partial charge in [-0.2, -0.15) is 4.57 Å². The topological polar surface area (TPSA) is 43.0 Å². The van der Waals surface area contributed by atoms with Gasteiger partial charge >= 0.3 is 5.89 Å². The number of nitrogens with two attached hydrogens (primary N) is 1. The van der Waals surface area contributed by atoms with Crippen molar-refractivity contribution < 1.29 is 8.98 Å². The van der Waals surface area contributed by atoms with Crippen LogP contribution in [0.1, 0.15) is 11.5 Å². The first-order valence-corrected chi connectivity index (χ1v) is 6.15. The smallest absolute Gasteiger partial charge is 0.373 e. The molecule has 0 aliphatic heterocycles. The van der Waals surface area contributed by atoms with E-state index in [0.29, 0.717) is 0 Å². The van der Waals surface area contributed by atoms with Crippen molar-refractivity contribution in [2.75, 3.05) is 5.73 Å². The fraction of sp³-hybridized carbons (Fsp3) is 0.0625. The summed E-state index contributed by atoms with van der Waals surface area (Å²) in [5, 5.41) is 0. The van der Waals surface area contributed by atoms with Crippen molar-refractivity contribution in [2.24, 2.45) is 7.05 Å². The fourth-order valence-electron chi connectivity index (χ4n) is 2.04. The summed E-state index contributed by atoms with van der Waals surface area (Å²) in [4.78, 5) is 0. The van der Waals surface area contributed by atoms with Crippen molar-refractivity contribution in [1.82, 2.24) is 0 Å². The van der Waals surface area contributed by atoms with Crippen molar-refractivity contribution >= 4 is 28.9 Å². The minimum absolute atomic E-state index is 0.770. The van der Waals surface area contributed by atoms with E-state index in [-0.39, 0.29) is 0 Å². The van der Waals surface area contributed by atoms with Gasteiger partial charge in [0.25, 0.3) is 5.52 Å². The molecule has 0 amide bonds. The fourth-order valence-corrected chi connectivity index (χ4v) is 2.04. The molecule has 0 saturated carbocycles. The Labute approximate surface area is 111 Å². The second-order valence-electron chi connectivity index (χ2n) is 4.47. The molecule has 3 aromatic rings. The number of para-hydroxylation sites is 2. The number of aryl methyl sites for hydroxylation is 1. The van der Waals surface area contributed by atoms with Crippen molar-refractivity contribution in [1.29, 1.82) is 0 Å². The molecular formula is C16H15N2O+. The standard InChI is InChI=1S/C16H14N2O/c1-18-14-4-2-3-5-15(14)19-16(18)11-8-12-6-9-13(17)10-7-12/h2-11,17H,1H3/p+1. The first-order chi connectivity index (χ1) is 9.24. The van der Waals surface area contributed by atoms with E-state index in [9.17, 15) is 0 Å². The van der Waals surface area contributed by atoms with Crippen LogP contribution < -0.4 is 10.3 Å². The molecule has 0 radical (unpaired) electrons. The SMILES string of the molecule is C[n+]1c(C=Cc2ccc(N)cc2)oc2ccccc21. The first-order valence-electron chi connectivity index (χ1n) is 6.15. The van der Waals surface area contributed by atoms with Crippen LogP contribution in [-0.2, 0) is 7.05 Å². The van der Waals surface area contributed by atoms with E-state index in [1.54, 1.807) is 0 Å². The Bertz CT molecular complexity index is 739. The van der Waals surface area contributed by atoms with Gasteiger partial charge in [0.1, 0.15) is 7.05 Å². The Morgan fingerprint density at radius 3 is 2.47 bits per heavy atom. The van der Waals surface area contributed by atoms with Gasteiger partial charge in [0, 0.05) is 11.8 Å². The molecule has 3 nitrogen and oxygen atoms in total. The van der Waals surface area contributed by atoms with Crippen LogP contribution in [0.25, 0.3) is 23.3 Å². The minimum Gasteiger partial charge on any atom is -0.399 e. The highest BCUT2D eigenvalue weighted by molar-refractivity contribution is 5.72. The average Bonchev–Trinajstić information content (AvgIpc) is 2.76. The van der Waals surface area contributed by atoms with Gasteiger partial charge in [0.15, 0.2) is 0 Å². The highest BCUT2D eigenvalue weighted by Crippen LogP contribution is 2.15. The number of nitrogens with zero attached hydrogens (tertiary/aromatic N) is 1. The monoisotopic (exact) mass is 251 g/mol. The largest absolute Gasteiger partial charge is 0.399 e. The van der Waals surface area contributed by atoms with Crippen molar-refractivity contribution in [3.05, 3.63) is 60.0 Å². The van der Waals surface area contributed by atoms with Gasteiger partial charge in [-0.1, -0.05) is 24.3 Å². The zero-order valence-corrected chi connectivity index (χ0v) is 10.7. The molecule has 2 aromatic carbocycles. The Balaban J connectivity index is 1.97. The van der Waals surface area contributed by atoms with Crippen LogP contribution in [0.3, 0.4) is 0 Å². The van der Waals surface area contributed by atoms with Crippen LogP contribution in [0.5, 0.6) is 0 Å². The molecule has 0 saturated heterocycles. The second kappa shape index (κ2) is 4.61. The third-order valence-corrected chi connectivity index (χ3v) is 3.13. The number of fused-ring (bicyclic) bond motifs is 1. The number of benzene rings is 2. The van der Waals surface area contributed by atoms with Gasteiger partial charge in [-0.25, -0.2) is 0 Å². The molecule has 1 aromatic heterocycles. The molecule has 0 aliphatic rings. The summed E-state index contributed by atoms with van der Waals surface area (Å²) in [6.07, 6.45) is 3.97. The number of aromatic nitrogens is 1. The Hall–Kier alpha value is -2.55. The van der Waals surface area contributed by atoms with Crippen LogP contribution in [0.15, 0.2) is 52.9 Å². The summed E-state index contributed by atoms with van der Waals surface area (Å²) in [6, 6.07) is 15.7. The van der Waals surface area contributed by atoms with Crippen LogP contribution in [-0.4, -0.2) is 0 Å². The number of nitrogen functional groups attached to an aromatic ring is 1. The predicted molar refractivity (Wildman–Crippen MR) is 77.2 cm³/mol. The molecule has 2 N–H and O–H groups in total. The molecule has 0 spiro atoms. The lowest BCUT2D eigenvalue weighted by Gasteiger charge is -1.93. The van der Waals surface area contributed by atoms with Crippen molar-refractivity contribution in [2.45, 2.75) is 0 Å². The summed E-state index contributed by atoms with van der Waals surface area (Å²) < 4.78 is 7.83. The molecule has 3 rings (SSSR count). The van der Waals surface area contributed by atoms with Crippen LogP contribution >= 0.6 is 0 Å². The van der Waals surface area contributed by atoms with E-state index >= 15 is 0 Å². The molecule has 0 bridgehead atoms. The maximum atomic E-state index is 5.80. The highest BCUT2D eigenvalue weighted by atomic mass is 16.3. The lowest BCUT2D eigenvalue weighted by Crippen LogP contribution is -2.29. The van der Waals surface area contributed by atoms with E-state index in [1.165, 1.54) is 0 Å². The summed E-state index contributed by atoms with van der Waals surface area (Å²) in [5.41, 5.74) is 9.50. The number of oxazole rings is 1. The molecule has 3 heteroatoms. The van der Waals surface area contributed by atoms with Crippen LogP contribution in [0.2, 0.25) is 0 Å². The lowest BCUT2D eigenvalue weighted by molar-refractivity contribution is -0.651. The molecule has 0 fully saturated rings.